The standard InChI is InChI=1S/C18H14Cl2N6S/c19-11-4-5-14(13(20)9-11)27-18-24-15-16(21)23-10-26(17(15)25-18)8-6-12-3-1-2-7-22-12/h1-5,7,9-10,21H,6,8H2,(H,24,25). The van der Waals surface area contributed by atoms with Crippen LogP contribution >= 0.6 is 35.0 Å². The number of pyridine rings is 1. The van der Waals surface area contributed by atoms with Crippen LogP contribution < -0.4 is 5.49 Å². The van der Waals surface area contributed by atoms with Gasteiger partial charge in [0.05, 0.1) is 11.3 Å². The highest BCUT2D eigenvalue weighted by Crippen LogP contribution is 2.33. The molecule has 9 heteroatoms. The fourth-order valence-corrected chi connectivity index (χ4v) is 3.93. The maximum Gasteiger partial charge on any atom is 0.173 e. The molecule has 0 unspecified atom stereocenters. The number of aromatic amines is 1. The first-order chi connectivity index (χ1) is 13.1. The molecule has 0 saturated heterocycles. The van der Waals surface area contributed by atoms with Crippen molar-refractivity contribution in [2.75, 3.05) is 0 Å². The number of aromatic nitrogens is 5. The molecule has 4 rings (SSSR count). The van der Waals surface area contributed by atoms with Crippen LogP contribution in [0.4, 0.5) is 0 Å². The van der Waals surface area contributed by atoms with Crippen LogP contribution in [0.5, 0.6) is 0 Å². The monoisotopic (exact) mass is 416 g/mol. The zero-order chi connectivity index (χ0) is 18.8. The molecule has 136 valence electrons. The molecule has 0 saturated carbocycles. The molecule has 4 aromatic rings. The van der Waals surface area contributed by atoms with Crippen LogP contribution in [0.2, 0.25) is 10.0 Å². The third-order valence-corrected chi connectivity index (χ3v) is 5.56. The molecule has 3 aromatic heterocycles. The van der Waals surface area contributed by atoms with Crippen LogP contribution in [0.3, 0.4) is 0 Å². The Morgan fingerprint density at radius 2 is 2.04 bits per heavy atom. The van der Waals surface area contributed by atoms with Gasteiger partial charge in [0.1, 0.15) is 5.52 Å². The minimum atomic E-state index is 0.153. The first-order valence-corrected chi connectivity index (χ1v) is 9.70. The van der Waals surface area contributed by atoms with Gasteiger partial charge in [0, 0.05) is 34.8 Å². The van der Waals surface area contributed by atoms with Crippen LogP contribution in [-0.4, -0.2) is 24.5 Å². The van der Waals surface area contributed by atoms with Gasteiger partial charge in [-0.25, -0.2) is 9.97 Å². The van der Waals surface area contributed by atoms with Gasteiger partial charge >= 0.3 is 0 Å². The van der Waals surface area contributed by atoms with Crippen molar-refractivity contribution < 1.29 is 0 Å². The van der Waals surface area contributed by atoms with Crippen molar-refractivity contribution in [3.8, 4) is 0 Å². The average Bonchev–Trinajstić information content (AvgIpc) is 3.09. The Morgan fingerprint density at radius 3 is 2.81 bits per heavy atom. The second-order valence-electron chi connectivity index (χ2n) is 5.78. The van der Waals surface area contributed by atoms with Crippen LogP contribution in [0.25, 0.3) is 11.2 Å². The first kappa shape index (κ1) is 18.0. The molecule has 0 amide bonds. The third-order valence-electron chi connectivity index (χ3n) is 3.93. The molecule has 1 aromatic carbocycles. The lowest BCUT2D eigenvalue weighted by atomic mass is 10.3. The summed E-state index contributed by atoms with van der Waals surface area (Å²) in [6.45, 7) is 0.664. The van der Waals surface area contributed by atoms with Crippen molar-refractivity contribution in [3.05, 3.63) is 70.1 Å². The Hall–Kier alpha value is -2.35. The number of hydrogen-bond donors (Lipinski definition) is 2. The molecule has 0 aliphatic carbocycles. The van der Waals surface area contributed by atoms with Gasteiger partial charge in [0.2, 0.25) is 0 Å². The summed E-state index contributed by atoms with van der Waals surface area (Å²) in [5.41, 5.74) is 2.41. The van der Waals surface area contributed by atoms with E-state index in [9.17, 15) is 0 Å². The second-order valence-corrected chi connectivity index (χ2v) is 7.65. The molecule has 3 heterocycles. The molecule has 0 bridgehead atoms. The maximum atomic E-state index is 8.06. The van der Waals surface area contributed by atoms with E-state index < -0.39 is 0 Å². The molecule has 6 nitrogen and oxygen atoms in total. The number of hydrogen-bond acceptors (Lipinski definition) is 5. The largest absolute Gasteiger partial charge is 0.328 e. The third kappa shape index (κ3) is 4.00. The van der Waals surface area contributed by atoms with Crippen molar-refractivity contribution in [2.45, 2.75) is 23.0 Å². The Morgan fingerprint density at radius 1 is 1.15 bits per heavy atom. The molecule has 27 heavy (non-hydrogen) atoms. The predicted molar refractivity (Wildman–Crippen MR) is 106 cm³/mol. The Bertz CT molecular complexity index is 1160. The van der Waals surface area contributed by atoms with E-state index in [1.807, 2.05) is 28.8 Å². The molecule has 0 radical (unpaired) electrons. The van der Waals surface area contributed by atoms with E-state index in [0.29, 0.717) is 32.9 Å². The number of H-pyrrole nitrogens is 1. The lowest BCUT2D eigenvalue weighted by Crippen LogP contribution is -2.13. The zero-order valence-electron chi connectivity index (χ0n) is 14.0. The van der Waals surface area contributed by atoms with Gasteiger partial charge in [-0.15, -0.1) is 0 Å². The molecule has 0 fully saturated rings. The lowest BCUT2D eigenvalue weighted by Gasteiger charge is -2.06. The summed E-state index contributed by atoms with van der Waals surface area (Å²) >= 11 is 13.6. The maximum absolute atomic E-state index is 8.06. The van der Waals surface area contributed by atoms with Gasteiger partial charge in [0.25, 0.3) is 0 Å². The second kappa shape index (κ2) is 7.72. The van der Waals surface area contributed by atoms with Crippen LogP contribution in [-0.2, 0) is 13.0 Å². The molecular formula is C18H14Cl2N6S. The molecule has 0 aliphatic rings. The minimum Gasteiger partial charge on any atom is -0.328 e. The summed E-state index contributed by atoms with van der Waals surface area (Å²) in [6, 6.07) is 11.2. The number of fused-ring (bicyclic) bond motifs is 1. The average molecular weight is 417 g/mol. The summed E-state index contributed by atoms with van der Waals surface area (Å²) in [7, 11) is 0. The molecular weight excluding hydrogens is 403 g/mol. The van der Waals surface area contributed by atoms with E-state index in [2.05, 4.69) is 19.9 Å². The fourth-order valence-electron chi connectivity index (χ4n) is 2.62. The van der Waals surface area contributed by atoms with E-state index in [1.54, 1.807) is 24.7 Å². The number of imidazole rings is 1. The first-order valence-electron chi connectivity index (χ1n) is 8.13. The Labute approximate surface area is 169 Å². The molecule has 0 spiro atoms. The van der Waals surface area contributed by atoms with E-state index in [0.717, 1.165) is 17.0 Å². The van der Waals surface area contributed by atoms with E-state index >= 15 is 0 Å². The van der Waals surface area contributed by atoms with E-state index in [-0.39, 0.29) is 5.49 Å². The van der Waals surface area contributed by atoms with Gasteiger partial charge in [-0.05, 0) is 30.3 Å². The topological polar surface area (TPSA) is 83.2 Å². The molecule has 0 atom stereocenters. The van der Waals surface area contributed by atoms with Gasteiger partial charge in [0.15, 0.2) is 16.3 Å². The zero-order valence-corrected chi connectivity index (χ0v) is 16.3. The number of halogens is 2. The van der Waals surface area contributed by atoms with Gasteiger partial charge in [-0.1, -0.05) is 41.0 Å². The van der Waals surface area contributed by atoms with E-state index in [4.69, 9.17) is 28.6 Å². The highest BCUT2D eigenvalue weighted by atomic mass is 35.5. The Balaban J connectivity index is 1.64. The summed E-state index contributed by atoms with van der Waals surface area (Å²) in [5, 5.41) is 9.84. The normalized spacial score (nSPS) is 11.2. The van der Waals surface area contributed by atoms with E-state index in [1.165, 1.54) is 11.8 Å². The van der Waals surface area contributed by atoms with Crippen molar-refractivity contribution in [1.82, 2.24) is 24.5 Å². The number of aryl methyl sites for hydroxylation is 2. The number of rotatable bonds is 5. The van der Waals surface area contributed by atoms with Gasteiger partial charge in [-0.2, -0.15) is 0 Å². The van der Waals surface area contributed by atoms with Crippen LogP contribution in [0, 0.1) is 5.41 Å². The molecule has 2 N–H and O–H groups in total. The van der Waals surface area contributed by atoms with Crippen LogP contribution in [0.15, 0.2) is 59.0 Å². The van der Waals surface area contributed by atoms with Crippen molar-refractivity contribution in [3.63, 3.8) is 0 Å². The molecule has 0 aliphatic heterocycles. The lowest BCUT2D eigenvalue weighted by molar-refractivity contribution is 0.681. The smallest absolute Gasteiger partial charge is 0.173 e. The Kier molecular flexibility index (Phi) is 5.15. The summed E-state index contributed by atoms with van der Waals surface area (Å²) < 4.78 is 1.92. The highest BCUT2D eigenvalue weighted by molar-refractivity contribution is 7.99. The summed E-state index contributed by atoms with van der Waals surface area (Å²) in [6.07, 6.45) is 4.16. The fraction of sp³-hybridized carbons (Fsp3) is 0.111. The van der Waals surface area contributed by atoms with Crippen molar-refractivity contribution >= 4 is 46.1 Å². The van der Waals surface area contributed by atoms with Gasteiger partial charge in [-0.3, -0.25) is 10.4 Å². The highest BCUT2D eigenvalue weighted by Gasteiger charge is 2.12. The minimum absolute atomic E-state index is 0.153. The SMILES string of the molecule is N=c1ncn(CCc2ccccn2)c2nc(Sc3ccc(Cl)cc3Cl)[nH]c12. The van der Waals surface area contributed by atoms with Crippen LogP contribution in [0.1, 0.15) is 5.69 Å². The van der Waals surface area contributed by atoms with Gasteiger partial charge < -0.3 is 9.55 Å². The van der Waals surface area contributed by atoms with Crippen molar-refractivity contribution in [2.24, 2.45) is 0 Å². The number of benzene rings is 1. The number of nitrogens with one attached hydrogen (secondary N) is 2. The summed E-state index contributed by atoms with van der Waals surface area (Å²) in [5.74, 6) is 0. The predicted octanol–water partition coefficient (Wildman–Crippen LogP) is 4.33. The van der Waals surface area contributed by atoms with Crippen molar-refractivity contribution in [1.29, 1.82) is 5.41 Å². The summed E-state index contributed by atoms with van der Waals surface area (Å²) in [4.78, 5) is 17.1. The quantitative estimate of drug-likeness (QED) is 0.506. The number of nitrogens with zero attached hydrogens (tertiary/aromatic N) is 4.